The molecule has 0 atom stereocenters. The zero-order chi connectivity index (χ0) is 18.7. The first-order valence-electron chi connectivity index (χ1n) is 7.56. The van der Waals surface area contributed by atoms with E-state index < -0.39 is 13.2 Å². The molecule has 0 aromatic heterocycles. The van der Waals surface area contributed by atoms with Crippen LogP contribution in [0.25, 0.3) is 0 Å². The number of rotatable bonds is 7. The molecule has 0 unspecified atom stereocenters. The SMILES string of the molecule is CCO[P+](=O)OCC.O=C(c1ccccc1)c1ccc([N+](=O)[O-])cc1. The monoisotopic (exact) mass is 364 g/mol. The summed E-state index contributed by atoms with van der Waals surface area (Å²) in [6.07, 6.45) is 0. The van der Waals surface area contributed by atoms with Gasteiger partial charge in [0.1, 0.15) is 13.2 Å². The van der Waals surface area contributed by atoms with Gasteiger partial charge in [-0.15, -0.1) is 9.05 Å². The minimum Gasteiger partial charge on any atom is -0.289 e. The standard InChI is InChI=1S/C13H9NO3.C4H10O3P/c15-13(10-4-2-1-3-5-10)11-6-8-12(9-7-11)14(16)17;1-3-6-8(5)7-4-2/h1-9H;3-4H2,1-2H3/q;+1. The van der Waals surface area contributed by atoms with Crippen molar-refractivity contribution in [3.05, 3.63) is 75.8 Å². The van der Waals surface area contributed by atoms with Gasteiger partial charge in [0.25, 0.3) is 5.69 Å². The van der Waals surface area contributed by atoms with Gasteiger partial charge in [-0.1, -0.05) is 30.3 Å². The van der Waals surface area contributed by atoms with Crippen LogP contribution in [-0.2, 0) is 13.6 Å². The summed E-state index contributed by atoms with van der Waals surface area (Å²) in [5.74, 6) is -0.138. The van der Waals surface area contributed by atoms with Gasteiger partial charge in [0, 0.05) is 27.8 Å². The van der Waals surface area contributed by atoms with Crippen molar-refractivity contribution in [2.24, 2.45) is 0 Å². The lowest BCUT2D eigenvalue weighted by Gasteiger charge is -2.00. The summed E-state index contributed by atoms with van der Waals surface area (Å²) >= 11 is 0. The molecule has 7 nitrogen and oxygen atoms in total. The Balaban J connectivity index is 0.000000333. The average molecular weight is 364 g/mol. The van der Waals surface area contributed by atoms with Gasteiger partial charge in [-0.25, -0.2) is 0 Å². The molecular weight excluding hydrogens is 345 g/mol. The highest BCUT2D eigenvalue weighted by Gasteiger charge is 2.15. The van der Waals surface area contributed by atoms with Crippen LogP contribution in [0.4, 0.5) is 5.69 Å². The van der Waals surface area contributed by atoms with Crippen molar-refractivity contribution in [1.29, 1.82) is 0 Å². The van der Waals surface area contributed by atoms with Crippen LogP contribution in [0, 0.1) is 10.1 Å². The number of carbonyl (C=O) groups is 1. The summed E-state index contributed by atoms with van der Waals surface area (Å²) in [6.45, 7) is 4.42. The maximum absolute atomic E-state index is 12.0. The summed E-state index contributed by atoms with van der Waals surface area (Å²) < 4.78 is 19.5. The van der Waals surface area contributed by atoms with E-state index in [0.29, 0.717) is 24.3 Å². The van der Waals surface area contributed by atoms with Crippen LogP contribution in [-0.4, -0.2) is 23.9 Å². The van der Waals surface area contributed by atoms with Crippen LogP contribution in [0.2, 0.25) is 0 Å². The Hall–Kier alpha value is -2.47. The molecule has 0 aliphatic rings. The van der Waals surface area contributed by atoms with Gasteiger partial charge in [-0.05, 0) is 26.0 Å². The number of hydrogen-bond acceptors (Lipinski definition) is 6. The number of nitro groups is 1. The topological polar surface area (TPSA) is 95.7 Å². The molecule has 2 aromatic carbocycles. The Kier molecular flexibility index (Phi) is 9.17. The lowest BCUT2D eigenvalue weighted by Crippen LogP contribution is -2.00. The summed E-state index contributed by atoms with van der Waals surface area (Å²) in [7, 11) is -1.83. The first-order valence-corrected chi connectivity index (χ1v) is 8.66. The van der Waals surface area contributed by atoms with Crippen LogP contribution in [0.3, 0.4) is 0 Å². The predicted molar refractivity (Wildman–Crippen MR) is 93.8 cm³/mol. The normalized spacial score (nSPS) is 9.68. The van der Waals surface area contributed by atoms with Crippen molar-refractivity contribution >= 4 is 19.7 Å². The quantitative estimate of drug-likeness (QED) is 0.310. The lowest BCUT2D eigenvalue weighted by atomic mass is 10.0. The molecule has 2 aromatic rings. The average Bonchev–Trinajstić information content (AvgIpc) is 2.63. The Labute approximate surface area is 146 Å². The molecule has 2 rings (SSSR count). The molecule has 0 N–H and O–H groups in total. The van der Waals surface area contributed by atoms with Crippen molar-refractivity contribution in [3.8, 4) is 0 Å². The maximum Gasteiger partial charge on any atom is 0.697 e. The summed E-state index contributed by atoms with van der Waals surface area (Å²) in [6, 6.07) is 14.4. The largest absolute Gasteiger partial charge is 0.697 e. The Bertz CT molecular complexity index is 695. The van der Waals surface area contributed by atoms with Crippen molar-refractivity contribution < 1.29 is 23.3 Å². The fourth-order valence-corrected chi connectivity index (χ4v) is 2.23. The smallest absolute Gasteiger partial charge is 0.289 e. The highest BCUT2D eigenvalue weighted by atomic mass is 31.1. The van der Waals surface area contributed by atoms with Crippen molar-refractivity contribution in [1.82, 2.24) is 0 Å². The molecule has 0 amide bonds. The molecule has 0 bridgehead atoms. The van der Waals surface area contributed by atoms with Crippen molar-refractivity contribution in [3.63, 3.8) is 0 Å². The molecule has 25 heavy (non-hydrogen) atoms. The Morgan fingerprint density at radius 3 is 1.88 bits per heavy atom. The number of hydrogen-bond donors (Lipinski definition) is 0. The van der Waals surface area contributed by atoms with E-state index >= 15 is 0 Å². The highest BCUT2D eigenvalue weighted by Crippen LogP contribution is 2.21. The van der Waals surface area contributed by atoms with E-state index in [0.717, 1.165) is 0 Å². The summed E-state index contributed by atoms with van der Waals surface area (Å²) in [4.78, 5) is 21.9. The molecule has 8 heteroatoms. The number of nitro benzene ring substituents is 1. The van der Waals surface area contributed by atoms with Crippen molar-refractivity contribution in [2.75, 3.05) is 13.2 Å². The predicted octanol–water partition coefficient (Wildman–Crippen LogP) is 4.54. The Morgan fingerprint density at radius 1 is 0.960 bits per heavy atom. The number of benzene rings is 2. The van der Waals surface area contributed by atoms with Crippen LogP contribution >= 0.6 is 8.25 Å². The van der Waals surface area contributed by atoms with Gasteiger partial charge < -0.3 is 0 Å². The van der Waals surface area contributed by atoms with Gasteiger partial charge in [0.05, 0.1) is 4.92 Å². The van der Waals surface area contributed by atoms with Crippen molar-refractivity contribution in [2.45, 2.75) is 13.8 Å². The van der Waals surface area contributed by atoms with Crippen LogP contribution in [0.15, 0.2) is 54.6 Å². The molecule has 0 aliphatic carbocycles. The van der Waals surface area contributed by atoms with E-state index in [1.54, 1.807) is 38.1 Å². The third-order valence-electron chi connectivity index (χ3n) is 2.85. The fraction of sp³-hybridized carbons (Fsp3) is 0.235. The third-order valence-corrected chi connectivity index (χ3v) is 3.78. The molecule has 0 saturated heterocycles. The first kappa shape index (κ1) is 20.6. The van der Waals surface area contributed by atoms with Gasteiger partial charge in [-0.2, -0.15) is 0 Å². The lowest BCUT2D eigenvalue weighted by molar-refractivity contribution is -0.384. The van der Waals surface area contributed by atoms with Gasteiger partial charge in [-0.3, -0.25) is 14.9 Å². The van der Waals surface area contributed by atoms with E-state index in [-0.39, 0.29) is 11.5 Å². The van der Waals surface area contributed by atoms with Gasteiger partial charge >= 0.3 is 8.25 Å². The van der Waals surface area contributed by atoms with Crippen LogP contribution in [0.5, 0.6) is 0 Å². The zero-order valence-electron chi connectivity index (χ0n) is 14.0. The molecule has 0 radical (unpaired) electrons. The second-order valence-corrected chi connectivity index (χ2v) is 5.52. The molecule has 0 saturated carbocycles. The molecule has 0 fully saturated rings. The van der Waals surface area contributed by atoms with E-state index in [9.17, 15) is 19.5 Å². The number of non-ortho nitro benzene ring substituents is 1. The number of ketones is 1. The van der Waals surface area contributed by atoms with E-state index in [4.69, 9.17) is 0 Å². The minimum atomic E-state index is -1.83. The third kappa shape index (κ3) is 7.30. The molecule has 0 heterocycles. The van der Waals surface area contributed by atoms with E-state index in [2.05, 4.69) is 9.05 Å². The van der Waals surface area contributed by atoms with Gasteiger partial charge in [0.15, 0.2) is 5.78 Å². The van der Waals surface area contributed by atoms with E-state index in [1.807, 2.05) is 6.07 Å². The second kappa shape index (κ2) is 11.1. The van der Waals surface area contributed by atoms with Crippen LogP contribution in [0.1, 0.15) is 29.8 Å². The summed E-state index contributed by atoms with van der Waals surface area (Å²) in [5, 5.41) is 10.5. The highest BCUT2D eigenvalue weighted by molar-refractivity contribution is 7.33. The molecule has 0 spiro atoms. The molecular formula is C17H19NO6P+. The second-order valence-electron chi connectivity index (χ2n) is 4.56. The number of nitrogens with zero attached hydrogens (tertiary/aromatic N) is 1. The first-order chi connectivity index (χ1) is 12.0. The number of carbonyl (C=O) groups excluding carboxylic acids is 1. The Morgan fingerprint density at radius 2 is 1.44 bits per heavy atom. The van der Waals surface area contributed by atoms with Gasteiger partial charge in [0.2, 0.25) is 0 Å². The summed E-state index contributed by atoms with van der Waals surface area (Å²) in [5.41, 5.74) is 0.998. The molecule has 132 valence electrons. The fourth-order valence-electron chi connectivity index (χ4n) is 1.74. The minimum absolute atomic E-state index is 0.0189. The maximum atomic E-state index is 12.0. The zero-order valence-corrected chi connectivity index (χ0v) is 14.8. The molecule has 0 aliphatic heterocycles. The van der Waals surface area contributed by atoms with Crippen LogP contribution < -0.4 is 0 Å². The van der Waals surface area contributed by atoms with E-state index in [1.165, 1.54) is 24.3 Å².